The van der Waals surface area contributed by atoms with Gasteiger partial charge < -0.3 is 15.2 Å². The number of benzene rings is 2. The van der Waals surface area contributed by atoms with Crippen molar-refractivity contribution in [3.63, 3.8) is 0 Å². The zero-order valence-electron chi connectivity index (χ0n) is 15.4. The molecule has 27 heavy (non-hydrogen) atoms. The maximum atomic E-state index is 12.8. The van der Waals surface area contributed by atoms with Crippen LogP contribution in [0.5, 0.6) is 5.75 Å². The van der Waals surface area contributed by atoms with Gasteiger partial charge in [0, 0.05) is 17.3 Å². The van der Waals surface area contributed by atoms with Gasteiger partial charge in [0.1, 0.15) is 11.3 Å². The van der Waals surface area contributed by atoms with Gasteiger partial charge in [-0.3, -0.25) is 4.79 Å². The molecule has 2 aliphatic carbocycles. The quantitative estimate of drug-likeness (QED) is 0.800. The number of aryl methyl sites for hydroxylation is 2. The van der Waals surface area contributed by atoms with E-state index in [1.54, 1.807) is 6.07 Å². The van der Waals surface area contributed by atoms with Crippen molar-refractivity contribution >= 4 is 17.6 Å². The highest BCUT2D eigenvalue weighted by Gasteiger charge is 2.27. The Hall–Kier alpha value is -2.82. The topological polar surface area (TPSA) is 75.6 Å². The van der Waals surface area contributed by atoms with E-state index in [0.29, 0.717) is 17.2 Å². The summed E-state index contributed by atoms with van der Waals surface area (Å²) >= 11 is 0. The maximum absolute atomic E-state index is 12.8. The van der Waals surface area contributed by atoms with E-state index >= 15 is 0 Å². The number of anilines is 1. The Morgan fingerprint density at radius 1 is 1.07 bits per heavy atom. The lowest BCUT2D eigenvalue weighted by Crippen LogP contribution is -2.20. The monoisotopic (exact) mass is 365 g/mol. The fourth-order valence-electron chi connectivity index (χ4n) is 4.45. The molecule has 140 valence electrons. The lowest BCUT2D eigenvalue weighted by molar-refractivity contribution is 0.0597. The first-order valence-corrected chi connectivity index (χ1v) is 9.45. The van der Waals surface area contributed by atoms with Crippen molar-refractivity contribution in [3.05, 3.63) is 58.1 Å². The first-order valence-electron chi connectivity index (χ1n) is 9.45. The summed E-state index contributed by atoms with van der Waals surface area (Å²) < 4.78 is 4.61. The van der Waals surface area contributed by atoms with Crippen LogP contribution in [-0.4, -0.2) is 24.1 Å². The molecule has 0 heterocycles. The number of hydrogen-bond donors (Lipinski definition) is 2. The standard InChI is InChI=1S/C22H23NO4/c1-27-22(26)18-9-8-17(12-19(18)24)23-21(25)16-10-14-6-2-4-13-5-3-7-15(11-16)20(13)14/h8-13,24H,2-7H2,1H3,(H,23,25). The van der Waals surface area contributed by atoms with E-state index in [1.165, 1.54) is 61.6 Å². The molecule has 0 radical (unpaired) electrons. The van der Waals surface area contributed by atoms with Crippen LogP contribution < -0.4 is 5.32 Å². The summed E-state index contributed by atoms with van der Waals surface area (Å²) in [7, 11) is 1.25. The number of carbonyl (C=O) groups excluding carboxylic acids is 2. The van der Waals surface area contributed by atoms with Gasteiger partial charge >= 0.3 is 5.97 Å². The van der Waals surface area contributed by atoms with E-state index in [-0.39, 0.29) is 17.2 Å². The van der Waals surface area contributed by atoms with Crippen LogP contribution in [0, 0.1) is 0 Å². The summed E-state index contributed by atoms with van der Waals surface area (Å²) in [4.78, 5) is 24.3. The van der Waals surface area contributed by atoms with Crippen LogP contribution in [0.1, 0.15) is 69.0 Å². The number of methoxy groups -OCH3 is 1. The molecule has 0 atom stereocenters. The number of amides is 1. The van der Waals surface area contributed by atoms with Gasteiger partial charge in [-0.2, -0.15) is 0 Å². The summed E-state index contributed by atoms with van der Waals surface area (Å²) in [5.74, 6) is -0.374. The van der Waals surface area contributed by atoms with Crippen molar-refractivity contribution < 1.29 is 19.4 Å². The number of phenolic OH excluding ortho intramolecular Hbond substituents is 1. The third-order valence-electron chi connectivity index (χ3n) is 5.68. The molecule has 0 fully saturated rings. The average molecular weight is 365 g/mol. The summed E-state index contributed by atoms with van der Waals surface area (Å²) in [5, 5.41) is 12.8. The molecule has 2 aromatic rings. The minimum atomic E-state index is -0.617. The summed E-state index contributed by atoms with van der Waals surface area (Å²) in [5.41, 5.74) is 5.29. The van der Waals surface area contributed by atoms with Gasteiger partial charge in [0.25, 0.3) is 5.91 Å². The minimum absolute atomic E-state index is 0.0692. The van der Waals surface area contributed by atoms with Gasteiger partial charge in [0.2, 0.25) is 0 Å². The highest BCUT2D eigenvalue weighted by molar-refractivity contribution is 6.05. The number of carbonyl (C=O) groups is 2. The van der Waals surface area contributed by atoms with E-state index in [1.807, 2.05) is 12.1 Å². The van der Waals surface area contributed by atoms with Crippen molar-refractivity contribution in [2.75, 3.05) is 12.4 Å². The second-order valence-corrected chi connectivity index (χ2v) is 7.37. The van der Waals surface area contributed by atoms with Crippen LogP contribution in [0.3, 0.4) is 0 Å². The second-order valence-electron chi connectivity index (χ2n) is 7.37. The van der Waals surface area contributed by atoms with Crippen molar-refractivity contribution in [1.82, 2.24) is 0 Å². The second kappa shape index (κ2) is 7.06. The van der Waals surface area contributed by atoms with Gasteiger partial charge in [0.05, 0.1) is 7.11 Å². The smallest absolute Gasteiger partial charge is 0.341 e. The molecule has 5 heteroatoms. The third-order valence-corrected chi connectivity index (χ3v) is 5.68. The highest BCUT2D eigenvalue weighted by Crippen LogP contribution is 2.41. The fourth-order valence-corrected chi connectivity index (χ4v) is 4.45. The number of hydrogen-bond acceptors (Lipinski definition) is 4. The number of ether oxygens (including phenoxy) is 1. The first kappa shape index (κ1) is 17.6. The Morgan fingerprint density at radius 2 is 1.74 bits per heavy atom. The molecule has 0 aliphatic heterocycles. The van der Waals surface area contributed by atoms with E-state index in [9.17, 15) is 14.7 Å². The molecule has 4 rings (SSSR count). The molecule has 0 saturated heterocycles. The summed E-state index contributed by atoms with van der Waals surface area (Å²) in [6.45, 7) is 0. The van der Waals surface area contributed by atoms with Gasteiger partial charge in [-0.25, -0.2) is 4.79 Å². The number of rotatable bonds is 3. The Bertz CT molecular complexity index is 888. The number of aromatic hydroxyl groups is 1. The molecule has 1 amide bonds. The van der Waals surface area contributed by atoms with Crippen LogP contribution >= 0.6 is 0 Å². The van der Waals surface area contributed by atoms with Crippen molar-refractivity contribution in [2.45, 2.75) is 44.4 Å². The number of phenols is 1. The van der Waals surface area contributed by atoms with Gasteiger partial charge in [-0.1, -0.05) is 0 Å². The first-order chi connectivity index (χ1) is 13.1. The Kier molecular flexibility index (Phi) is 4.60. The SMILES string of the molecule is COC(=O)c1ccc(NC(=O)c2cc3c4c(c2)CCCC4CCC3)cc1O. The Labute approximate surface area is 158 Å². The molecule has 0 aromatic heterocycles. The predicted octanol–water partition coefficient (Wildman–Crippen LogP) is 4.19. The molecular weight excluding hydrogens is 342 g/mol. The molecule has 0 bridgehead atoms. The Morgan fingerprint density at radius 3 is 2.33 bits per heavy atom. The maximum Gasteiger partial charge on any atom is 0.341 e. The van der Waals surface area contributed by atoms with Crippen LogP contribution in [0.2, 0.25) is 0 Å². The fraction of sp³-hybridized carbons (Fsp3) is 0.364. The van der Waals surface area contributed by atoms with E-state index in [4.69, 9.17) is 0 Å². The van der Waals surface area contributed by atoms with Gasteiger partial charge in [-0.15, -0.1) is 0 Å². The van der Waals surface area contributed by atoms with Gasteiger partial charge in [-0.05, 0) is 85.4 Å². The number of esters is 1. The van der Waals surface area contributed by atoms with E-state index in [2.05, 4.69) is 10.1 Å². The van der Waals surface area contributed by atoms with Crippen molar-refractivity contribution in [3.8, 4) is 5.75 Å². The van der Waals surface area contributed by atoms with E-state index < -0.39 is 5.97 Å². The van der Waals surface area contributed by atoms with Crippen LogP contribution in [0.15, 0.2) is 30.3 Å². The zero-order chi connectivity index (χ0) is 19.0. The number of nitrogens with one attached hydrogen (secondary N) is 1. The lowest BCUT2D eigenvalue weighted by Gasteiger charge is -2.32. The summed E-state index contributed by atoms with van der Waals surface area (Å²) in [6, 6.07) is 8.44. The molecule has 2 N–H and O–H groups in total. The predicted molar refractivity (Wildman–Crippen MR) is 102 cm³/mol. The van der Waals surface area contributed by atoms with Crippen LogP contribution in [0.4, 0.5) is 5.69 Å². The van der Waals surface area contributed by atoms with Crippen LogP contribution in [-0.2, 0) is 17.6 Å². The Balaban J connectivity index is 1.59. The third kappa shape index (κ3) is 3.29. The zero-order valence-corrected chi connectivity index (χ0v) is 15.4. The normalized spacial score (nSPS) is 15.7. The summed E-state index contributed by atoms with van der Waals surface area (Å²) in [6.07, 6.45) is 6.97. The minimum Gasteiger partial charge on any atom is -0.507 e. The molecule has 2 aliphatic rings. The molecule has 0 unspecified atom stereocenters. The molecule has 0 spiro atoms. The van der Waals surface area contributed by atoms with Gasteiger partial charge in [0.15, 0.2) is 0 Å². The molecule has 2 aromatic carbocycles. The molecule has 0 saturated carbocycles. The largest absolute Gasteiger partial charge is 0.507 e. The van der Waals surface area contributed by atoms with Crippen LogP contribution in [0.25, 0.3) is 0 Å². The lowest BCUT2D eigenvalue weighted by atomic mass is 9.73. The molecular formula is C22H23NO4. The van der Waals surface area contributed by atoms with Crippen molar-refractivity contribution in [1.29, 1.82) is 0 Å². The molecule has 5 nitrogen and oxygen atoms in total. The van der Waals surface area contributed by atoms with E-state index in [0.717, 1.165) is 12.8 Å². The van der Waals surface area contributed by atoms with Crippen molar-refractivity contribution in [2.24, 2.45) is 0 Å². The average Bonchev–Trinajstić information content (AvgIpc) is 2.68. The highest BCUT2D eigenvalue weighted by atomic mass is 16.5.